The van der Waals surface area contributed by atoms with E-state index in [9.17, 15) is 10.0 Å². The Bertz CT molecular complexity index is 651. The monoisotopic (exact) mass is 347 g/mol. The van der Waals surface area contributed by atoms with Gasteiger partial charge in [0.05, 0.1) is 0 Å². The Balaban J connectivity index is 3.88. The zero-order valence-corrected chi connectivity index (χ0v) is 17.4. The van der Waals surface area contributed by atoms with Crippen molar-refractivity contribution in [2.45, 2.75) is 86.1 Å². The van der Waals surface area contributed by atoms with Gasteiger partial charge in [-0.3, -0.25) is 4.79 Å². The van der Waals surface area contributed by atoms with Gasteiger partial charge in [-0.2, -0.15) is 0 Å². The number of rotatable bonds is 3. The molecule has 0 N–H and O–H groups in total. The van der Waals surface area contributed by atoms with Gasteiger partial charge in [0.25, 0.3) is 0 Å². The molecule has 140 valence electrons. The van der Waals surface area contributed by atoms with Crippen LogP contribution in [0.1, 0.15) is 85.9 Å². The van der Waals surface area contributed by atoms with E-state index in [2.05, 4.69) is 41.5 Å². The maximum absolute atomic E-state index is 12.4. The predicted octanol–water partition coefficient (Wildman–Crippen LogP) is 4.93. The van der Waals surface area contributed by atoms with Gasteiger partial charge < -0.3 is 9.94 Å². The molecule has 0 unspecified atom stereocenters. The molecule has 4 heteroatoms. The minimum atomic E-state index is -0.336. The molecular weight excluding hydrogens is 314 g/mol. The smallest absolute Gasteiger partial charge is 0.308 e. The number of hydrogen-bond acceptors (Lipinski definition) is 3. The molecule has 1 aromatic carbocycles. The molecule has 0 saturated carbocycles. The molecule has 4 nitrogen and oxygen atoms in total. The van der Waals surface area contributed by atoms with E-state index in [1.54, 1.807) is 0 Å². The molecule has 0 amide bonds. The molecule has 0 heterocycles. The second-order valence-electron chi connectivity index (χ2n) is 9.00. The Morgan fingerprint density at radius 2 is 1.40 bits per heavy atom. The lowest BCUT2D eigenvalue weighted by Gasteiger charge is -2.30. The van der Waals surface area contributed by atoms with Gasteiger partial charge >= 0.3 is 5.97 Å². The van der Waals surface area contributed by atoms with E-state index in [1.807, 2.05) is 32.9 Å². The van der Waals surface area contributed by atoms with Crippen molar-refractivity contribution in [2.24, 2.45) is 0 Å². The third kappa shape index (κ3) is 5.07. The maximum atomic E-state index is 12.4. The molecule has 0 atom stereocenters. The van der Waals surface area contributed by atoms with Crippen LogP contribution in [0.25, 0.3) is 0 Å². The number of esters is 1. The van der Waals surface area contributed by atoms with E-state index in [4.69, 9.17) is 4.74 Å². The second kappa shape index (κ2) is 7.19. The van der Waals surface area contributed by atoms with Crippen molar-refractivity contribution in [1.29, 1.82) is 0 Å². The quantitative estimate of drug-likeness (QED) is 0.194. The molecule has 0 saturated heterocycles. The van der Waals surface area contributed by atoms with Gasteiger partial charge in [-0.1, -0.05) is 41.5 Å². The van der Waals surface area contributed by atoms with Crippen LogP contribution >= 0.6 is 0 Å². The summed E-state index contributed by atoms with van der Waals surface area (Å²) in [6.45, 7) is 19.5. The zero-order valence-electron chi connectivity index (χ0n) is 17.4. The minimum absolute atomic E-state index is 0.135. The van der Waals surface area contributed by atoms with Gasteiger partial charge in [-0.25, -0.2) is 4.74 Å². The molecule has 0 spiro atoms. The molecule has 1 aromatic rings. The van der Waals surface area contributed by atoms with Crippen molar-refractivity contribution in [3.05, 3.63) is 34.0 Å². The lowest BCUT2D eigenvalue weighted by molar-refractivity contribution is -0.492. The highest BCUT2D eigenvalue weighted by Gasteiger charge is 2.30. The summed E-state index contributed by atoms with van der Waals surface area (Å²) in [5.74, 6) is 0.281. The number of benzene rings is 1. The minimum Gasteiger partial charge on any atom is -0.623 e. The van der Waals surface area contributed by atoms with Crippen LogP contribution in [0.3, 0.4) is 0 Å². The van der Waals surface area contributed by atoms with Crippen LogP contribution in [0.15, 0.2) is 12.1 Å². The van der Waals surface area contributed by atoms with E-state index >= 15 is 0 Å². The third-order valence-electron chi connectivity index (χ3n) is 4.17. The van der Waals surface area contributed by atoms with Crippen LogP contribution in [-0.4, -0.2) is 22.5 Å². The van der Waals surface area contributed by atoms with Crippen molar-refractivity contribution in [2.75, 3.05) is 0 Å². The summed E-state index contributed by atoms with van der Waals surface area (Å²) in [4.78, 5) is 11.7. The fourth-order valence-corrected chi connectivity index (χ4v) is 2.72. The molecule has 0 aromatic heterocycles. The average molecular weight is 347 g/mol. The standard InChI is InChI=1S/C21H33NO3/c1-13(2)22(24)14(3)16-11-17(20(5,6)7)19(25-15(4)23)18(12-16)21(8,9)10/h11-13H,1-10H3/b22-14-. The molecule has 25 heavy (non-hydrogen) atoms. The van der Waals surface area contributed by atoms with Crippen molar-refractivity contribution in [3.63, 3.8) is 0 Å². The van der Waals surface area contributed by atoms with Crippen LogP contribution in [0.5, 0.6) is 5.75 Å². The van der Waals surface area contributed by atoms with Crippen LogP contribution < -0.4 is 4.74 Å². The molecule has 0 aliphatic heterocycles. The Morgan fingerprint density at radius 1 is 1.00 bits per heavy atom. The van der Waals surface area contributed by atoms with Crippen LogP contribution in [-0.2, 0) is 15.6 Å². The van der Waals surface area contributed by atoms with Gasteiger partial charge in [-0.05, 0) is 36.8 Å². The second-order valence-corrected chi connectivity index (χ2v) is 9.00. The van der Waals surface area contributed by atoms with Gasteiger partial charge in [0.2, 0.25) is 0 Å². The van der Waals surface area contributed by atoms with Gasteiger partial charge in [0, 0.05) is 30.5 Å². The van der Waals surface area contributed by atoms with Crippen molar-refractivity contribution in [1.82, 2.24) is 0 Å². The topological polar surface area (TPSA) is 52.4 Å². The molecule has 0 bridgehead atoms. The van der Waals surface area contributed by atoms with E-state index in [0.29, 0.717) is 11.5 Å². The lowest BCUT2D eigenvalue weighted by atomic mass is 9.78. The van der Waals surface area contributed by atoms with Crippen molar-refractivity contribution >= 4 is 11.7 Å². The molecular formula is C21H33NO3. The van der Waals surface area contributed by atoms with Crippen molar-refractivity contribution in [3.8, 4) is 5.75 Å². The number of ether oxygens (including phenoxy) is 1. The summed E-state index contributed by atoms with van der Waals surface area (Å²) in [6, 6.07) is 3.83. The van der Waals surface area contributed by atoms with Crippen molar-refractivity contribution < 1.29 is 14.3 Å². The fraction of sp³-hybridized carbons (Fsp3) is 0.619. The van der Waals surface area contributed by atoms with Crippen LogP contribution in [0.4, 0.5) is 0 Å². The van der Waals surface area contributed by atoms with Gasteiger partial charge in [0.15, 0.2) is 11.8 Å². The van der Waals surface area contributed by atoms with E-state index in [-0.39, 0.29) is 22.8 Å². The predicted molar refractivity (Wildman–Crippen MR) is 104 cm³/mol. The molecule has 0 aliphatic carbocycles. The molecule has 0 fully saturated rings. The Kier molecular flexibility index (Phi) is 6.09. The highest BCUT2D eigenvalue weighted by atomic mass is 16.5. The highest BCUT2D eigenvalue weighted by Crippen LogP contribution is 2.41. The summed E-state index contributed by atoms with van der Waals surface area (Å²) in [6.07, 6.45) is 0. The third-order valence-corrected chi connectivity index (χ3v) is 4.17. The van der Waals surface area contributed by atoms with E-state index < -0.39 is 0 Å². The number of hydrogen-bond donors (Lipinski definition) is 0. The van der Waals surface area contributed by atoms with Gasteiger partial charge in [-0.15, -0.1) is 0 Å². The van der Waals surface area contributed by atoms with E-state index in [1.165, 1.54) is 6.92 Å². The SMILES string of the molecule is CC(=O)Oc1c(C(C)(C)C)cc(/C(C)=[N+](\[O-])C(C)C)cc1C(C)(C)C. The fourth-order valence-electron chi connectivity index (χ4n) is 2.72. The molecule has 1 rings (SSSR count). The Morgan fingerprint density at radius 3 is 1.68 bits per heavy atom. The molecule has 0 radical (unpaired) electrons. The van der Waals surface area contributed by atoms with Crippen LogP contribution in [0.2, 0.25) is 0 Å². The normalized spacial score (nSPS) is 13.7. The number of carbonyl (C=O) groups is 1. The summed E-state index contributed by atoms with van der Waals surface area (Å²) in [5.41, 5.74) is 2.94. The number of hydroxylamine groups is 1. The lowest BCUT2D eigenvalue weighted by Crippen LogP contribution is -2.25. The highest BCUT2D eigenvalue weighted by molar-refractivity contribution is 5.96. The maximum Gasteiger partial charge on any atom is 0.308 e. The Labute approximate surface area is 152 Å². The number of nitrogens with zero attached hydrogens (tertiary/aromatic N) is 1. The first-order valence-corrected chi connectivity index (χ1v) is 8.84. The average Bonchev–Trinajstić information content (AvgIpc) is 2.42. The largest absolute Gasteiger partial charge is 0.623 e. The summed E-state index contributed by atoms with van der Waals surface area (Å²) in [7, 11) is 0. The molecule has 0 aliphatic rings. The van der Waals surface area contributed by atoms with E-state index in [0.717, 1.165) is 21.4 Å². The first-order valence-electron chi connectivity index (χ1n) is 8.84. The first-order chi connectivity index (χ1) is 11.2. The Hall–Kier alpha value is -1.84. The van der Waals surface area contributed by atoms with Crippen LogP contribution in [0, 0.1) is 5.21 Å². The number of carbonyl (C=O) groups excluding carboxylic acids is 1. The van der Waals surface area contributed by atoms with Gasteiger partial charge in [0.1, 0.15) is 5.75 Å². The summed E-state index contributed by atoms with van der Waals surface area (Å²) < 4.78 is 6.66. The zero-order chi connectivity index (χ0) is 19.7. The summed E-state index contributed by atoms with van der Waals surface area (Å²) in [5, 5.41) is 12.4. The summed E-state index contributed by atoms with van der Waals surface area (Å²) >= 11 is 0. The first kappa shape index (κ1) is 21.2.